The van der Waals surface area contributed by atoms with E-state index in [1.807, 2.05) is 4.98 Å². The van der Waals surface area contributed by atoms with E-state index in [0.717, 1.165) is 24.0 Å². The van der Waals surface area contributed by atoms with Gasteiger partial charge in [-0.05, 0) is 40.1 Å². The lowest BCUT2D eigenvalue weighted by Crippen LogP contribution is -2.41. The van der Waals surface area contributed by atoms with E-state index in [1.54, 1.807) is 13.8 Å². The number of ether oxygens (including phenoxy) is 2. The second kappa shape index (κ2) is 13.2. The van der Waals surface area contributed by atoms with Crippen molar-refractivity contribution < 1.29 is 47.3 Å². The van der Waals surface area contributed by atoms with Gasteiger partial charge in [0.2, 0.25) is 0 Å². The van der Waals surface area contributed by atoms with Crippen LogP contribution in [0.3, 0.4) is 0 Å². The summed E-state index contributed by atoms with van der Waals surface area (Å²) in [5.41, 5.74) is 1.25. The first kappa shape index (κ1) is 34.9. The van der Waals surface area contributed by atoms with E-state index in [1.165, 1.54) is 20.8 Å². The summed E-state index contributed by atoms with van der Waals surface area (Å²) in [6.45, 7) is 5.96. The van der Waals surface area contributed by atoms with Crippen molar-refractivity contribution in [1.29, 1.82) is 0 Å². The third-order valence-electron chi connectivity index (χ3n) is 6.74. The molecule has 0 bridgehead atoms. The normalized spacial score (nSPS) is 28.4. The molecule has 17 nitrogen and oxygen atoms in total. The van der Waals surface area contributed by atoms with Gasteiger partial charge in [-0.2, -0.15) is 0 Å². The maximum atomic E-state index is 15.8. The first-order valence-electron chi connectivity index (χ1n) is 13.0. The fourth-order valence-corrected chi connectivity index (χ4v) is 6.94. The minimum atomic E-state index is -4.66. The van der Waals surface area contributed by atoms with E-state index < -0.39 is 92.0 Å². The van der Waals surface area contributed by atoms with Crippen molar-refractivity contribution in [2.45, 2.75) is 76.5 Å². The van der Waals surface area contributed by atoms with E-state index in [9.17, 15) is 34.0 Å². The maximum absolute atomic E-state index is 15.8. The molecule has 43 heavy (non-hydrogen) atoms. The van der Waals surface area contributed by atoms with E-state index in [-0.39, 0.29) is 10.9 Å². The zero-order chi connectivity index (χ0) is 32.4. The van der Waals surface area contributed by atoms with Gasteiger partial charge in [-0.1, -0.05) is 16.9 Å². The summed E-state index contributed by atoms with van der Waals surface area (Å²) in [5, 5.41) is 26.1. The lowest BCUT2D eigenvalue weighted by molar-refractivity contribution is -0.149. The number of fused-ring (bicyclic) bond motifs is 1. The third kappa shape index (κ3) is 7.05. The number of aliphatic hydroxyl groups excluding tert-OH is 1. The number of aromatic nitrogens is 2. The van der Waals surface area contributed by atoms with Crippen molar-refractivity contribution in [3.8, 4) is 0 Å². The molecule has 3 rings (SSSR count). The number of thioether (sulfide) groups is 1. The Morgan fingerprint density at radius 2 is 2.07 bits per heavy atom. The highest BCUT2D eigenvalue weighted by atomic mass is 32.2. The van der Waals surface area contributed by atoms with Crippen LogP contribution < -0.4 is 16.3 Å². The van der Waals surface area contributed by atoms with Crippen molar-refractivity contribution in [2.24, 2.45) is 10.5 Å². The molecule has 4 N–H and O–H groups in total. The summed E-state index contributed by atoms with van der Waals surface area (Å²) in [6, 6.07) is -0.375. The Bertz CT molecular complexity index is 1430. The molecular formula is C23H34FN6O11PS. The SMILES string of the molecule is CC(C)OC(=O)C(C)NP(=O)(OCCSC(=O)C(C)(C)CO)OC1[C@@]2(CN=[N+]=[N-])O[C@@H](n3ccc(=O)[nH]c3=O)[C@H](F)[C@@]12O. The van der Waals surface area contributed by atoms with Crippen LogP contribution in [0.5, 0.6) is 0 Å². The Morgan fingerprint density at radius 1 is 1.40 bits per heavy atom. The van der Waals surface area contributed by atoms with Gasteiger partial charge in [-0.3, -0.25) is 33.0 Å². The summed E-state index contributed by atoms with van der Waals surface area (Å²) in [6.07, 6.45) is -5.61. The number of rotatable bonds is 15. The molecule has 1 saturated carbocycles. The number of alkyl halides is 1. The summed E-state index contributed by atoms with van der Waals surface area (Å²) in [5.74, 6) is -0.910. The van der Waals surface area contributed by atoms with Gasteiger partial charge in [0.1, 0.15) is 17.7 Å². The number of carbonyl (C=O) groups excluding carboxylic acids is 2. The van der Waals surface area contributed by atoms with Gasteiger partial charge in [-0.25, -0.2) is 18.8 Å². The number of aromatic amines is 1. The van der Waals surface area contributed by atoms with Gasteiger partial charge in [0.05, 0.1) is 31.3 Å². The van der Waals surface area contributed by atoms with Crippen molar-refractivity contribution in [1.82, 2.24) is 14.6 Å². The second-order valence-corrected chi connectivity index (χ2v) is 13.7. The Morgan fingerprint density at radius 3 is 2.65 bits per heavy atom. The van der Waals surface area contributed by atoms with Crippen molar-refractivity contribution in [3.63, 3.8) is 0 Å². The van der Waals surface area contributed by atoms with Gasteiger partial charge < -0.3 is 19.7 Å². The zero-order valence-corrected chi connectivity index (χ0v) is 25.7. The number of azide groups is 1. The maximum Gasteiger partial charge on any atom is 0.406 e. The number of H-pyrrole nitrogens is 1. The Labute approximate surface area is 248 Å². The van der Waals surface area contributed by atoms with Crippen LogP contribution in [-0.4, -0.2) is 92.0 Å². The lowest BCUT2D eigenvalue weighted by Gasteiger charge is -2.27. The lowest BCUT2D eigenvalue weighted by atomic mass is 9.97. The molecule has 1 aromatic heterocycles. The molecular weight excluding hydrogens is 618 g/mol. The highest BCUT2D eigenvalue weighted by molar-refractivity contribution is 8.13. The standard InChI is InChI=1S/C23H34FN6O11PS/c1-12(2)39-17(33)13(3)28-42(37,38-8-9-43-19(34)21(4,5)11-31)41-18-22(10-26-29-25)23(18,36)15(24)16(40-22)30-7-6-14(32)27-20(30)35/h6-7,12-13,15-16,18,31,36H,8-11H2,1-5H3,(H,28,37)(H,27,32,35)/t13?,15-,16+,18?,22+,23+,42?/m0/s1. The van der Waals surface area contributed by atoms with Gasteiger partial charge in [0.25, 0.3) is 5.56 Å². The van der Waals surface area contributed by atoms with Crippen LogP contribution >= 0.6 is 19.5 Å². The van der Waals surface area contributed by atoms with Crippen LogP contribution in [0.25, 0.3) is 10.4 Å². The third-order valence-corrected chi connectivity index (χ3v) is 9.64. The average molecular weight is 653 g/mol. The quantitative estimate of drug-likeness (QED) is 0.0515. The molecule has 0 spiro atoms. The topological polar surface area (TPSA) is 244 Å². The van der Waals surface area contributed by atoms with E-state index in [4.69, 9.17) is 24.1 Å². The molecule has 1 aromatic rings. The summed E-state index contributed by atoms with van der Waals surface area (Å²) < 4.78 is 52.2. The van der Waals surface area contributed by atoms with Gasteiger partial charge >= 0.3 is 19.4 Å². The van der Waals surface area contributed by atoms with E-state index in [2.05, 4.69) is 15.1 Å². The predicted octanol–water partition coefficient (Wildman–Crippen LogP) is 0.915. The fraction of sp³-hybridized carbons (Fsp3) is 0.739. The molecule has 1 aliphatic carbocycles. The molecule has 2 heterocycles. The highest BCUT2D eigenvalue weighted by Gasteiger charge is 2.89. The molecule has 0 radical (unpaired) electrons. The molecule has 7 atom stereocenters. The summed E-state index contributed by atoms with van der Waals surface area (Å²) in [7, 11) is -4.66. The number of halogens is 1. The molecule has 3 unspecified atom stereocenters. The van der Waals surface area contributed by atoms with Crippen molar-refractivity contribution in [3.05, 3.63) is 43.5 Å². The first-order valence-corrected chi connectivity index (χ1v) is 15.6. The molecule has 0 amide bonds. The zero-order valence-electron chi connectivity index (χ0n) is 24.0. The number of nitrogens with zero attached hydrogens (tertiary/aromatic N) is 4. The number of nitrogens with one attached hydrogen (secondary N) is 2. The number of carbonyl (C=O) groups is 2. The van der Waals surface area contributed by atoms with Crippen molar-refractivity contribution >= 4 is 30.6 Å². The predicted molar refractivity (Wildman–Crippen MR) is 149 cm³/mol. The molecule has 1 aliphatic heterocycles. The minimum Gasteiger partial charge on any atom is -0.462 e. The number of hydrogen-bond donors (Lipinski definition) is 4. The first-order chi connectivity index (χ1) is 20.0. The van der Waals surface area contributed by atoms with Crippen LogP contribution in [0, 0.1) is 5.41 Å². The van der Waals surface area contributed by atoms with Crippen LogP contribution in [0.2, 0.25) is 0 Å². The monoisotopic (exact) mass is 652 g/mol. The number of esters is 1. The van der Waals surface area contributed by atoms with Crippen LogP contribution in [-0.2, 0) is 32.7 Å². The Balaban J connectivity index is 1.87. The van der Waals surface area contributed by atoms with Crippen LogP contribution in [0.15, 0.2) is 27.0 Å². The van der Waals surface area contributed by atoms with Crippen molar-refractivity contribution in [2.75, 3.05) is 25.5 Å². The smallest absolute Gasteiger partial charge is 0.406 e. The van der Waals surface area contributed by atoms with Gasteiger partial charge in [0, 0.05) is 22.9 Å². The number of hydrogen-bond acceptors (Lipinski definition) is 13. The highest BCUT2D eigenvalue weighted by Crippen LogP contribution is 2.68. The fourth-order valence-electron chi connectivity index (χ4n) is 4.29. The number of aliphatic hydroxyl groups is 2. The second-order valence-electron chi connectivity index (χ2n) is 10.9. The van der Waals surface area contributed by atoms with Crippen LogP contribution in [0.1, 0.15) is 40.8 Å². The molecule has 0 aromatic carbocycles. The molecule has 240 valence electrons. The van der Waals surface area contributed by atoms with Gasteiger partial charge in [-0.15, -0.1) is 0 Å². The van der Waals surface area contributed by atoms with Gasteiger partial charge in [0.15, 0.2) is 23.1 Å². The molecule has 1 saturated heterocycles. The summed E-state index contributed by atoms with van der Waals surface area (Å²) in [4.78, 5) is 53.0. The molecule has 20 heteroatoms. The molecule has 2 fully saturated rings. The Kier molecular flexibility index (Phi) is 10.7. The van der Waals surface area contributed by atoms with Crippen LogP contribution in [0.4, 0.5) is 4.39 Å². The van der Waals surface area contributed by atoms with E-state index in [0.29, 0.717) is 4.57 Å². The van der Waals surface area contributed by atoms with E-state index >= 15 is 4.39 Å². The molecule has 2 aliphatic rings. The average Bonchev–Trinajstić information content (AvgIpc) is 3.32. The largest absolute Gasteiger partial charge is 0.462 e. The minimum absolute atomic E-state index is 0.0691. The Hall–Kier alpha value is -2.60. The summed E-state index contributed by atoms with van der Waals surface area (Å²) >= 11 is 0.777.